The summed E-state index contributed by atoms with van der Waals surface area (Å²) in [4.78, 5) is 11.4. The van der Waals surface area contributed by atoms with Gasteiger partial charge in [0.25, 0.3) is 5.91 Å². The Morgan fingerprint density at radius 2 is 2.46 bits per heavy atom. The van der Waals surface area contributed by atoms with Crippen molar-refractivity contribution in [3.63, 3.8) is 0 Å². The summed E-state index contributed by atoms with van der Waals surface area (Å²) in [5.74, 6) is 0.473. The molecule has 0 aliphatic heterocycles. The topological polar surface area (TPSA) is 55.1 Å². The van der Waals surface area contributed by atoms with Crippen molar-refractivity contribution >= 4 is 5.91 Å². The van der Waals surface area contributed by atoms with E-state index in [9.17, 15) is 4.79 Å². The summed E-state index contributed by atoms with van der Waals surface area (Å²) < 4.78 is 4.79. The Morgan fingerprint density at radius 1 is 1.77 bits per heavy atom. The summed E-state index contributed by atoms with van der Waals surface area (Å²) in [5.41, 5.74) is 0.345. The number of hydrogen-bond donors (Lipinski definition) is 1. The van der Waals surface area contributed by atoms with Gasteiger partial charge in [-0.25, -0.2) is 0 Å². The molecule has 0 aliphatic rings. The van der Waals surface area contributed by atoms with E-state index in [0.29, 0.717) is 11.5 Å². The Morgan fingerprint density at radius 3 is 2.92 bits per heavy atom. The van der Waals surface area contributed by atoms with Crippen molar-refractivity contribution in [3.8, 4) is 0 Å². The van der Waals surface area contributed by atoms with E-state index in [1.807, 2.05) is 13.8 Å². The summed E-state index contributed by atoms with van der Waals surface area (Å²) in [6, 6.07) is 1.79. The summed E-state index contributed by atoms with van der Waals surface area (Å²) in [5, 5.41) is 6.41. The van der Waals surface area contributed by atoms with Crippen molar-refractivity contribution in [1.29, 1.82) is 0 Å². The van der Waals surface area contributed by atoms with Crippen LogP contribution in [0, 0.1) is 6.92 Å². The Labute approximate surface area is 77.3 Å². The van der Waals surface area contributed by atoms with E-state index >= 15 is 0 Å². The van der Waals surface area contributed by atoms with Gasteiger partial charge in [-0.15, -0.1) is 0 Å². The van der Waals surface area contributed by atoms with Crippen LogP contribution in [0.3, 0.4) is 0 Å². The predicted molar refractivity (Wildman–Crippen MR) is 48.5 cm³/mol. The molecule has 1 aromatic heterocycles. The van der Waals surface area contributed by atoms with Crippen LogP contribution in [0.5, 0.6) is 0 Å². The van der Waals surface area contributed by atoms with Gasteiger partial charge in [0.2, 0.25) is 0 Å². The quantitative estimate of drug-likeness (QED) is 0.770. The molecule has 4 nitrogen and oxygen atoms in total. The first-order valence-electron chi connectivity index (χ1n) is 4.37. The molecule has 13 heavy (non-hydrogen) atoms. The zero-order valence-electron chi connectivity index (χ0n) is 8.13. The normalized spacial score (nSPS) is 12.5. The number of nitrogens with one attached hydrogen (secondary N) is 1. The van der Waals surface area contributed by atoms with Gasteiger partial charge >= 0.3 is 0 Å². The first kappa shape index (κ1) is 9.77. The highest BCUT2D eigenvalue weighted by molar-refractivity contribution is 5.92. The third-order valence-electron chi connectivity index (χ3n) is 1.85. The van der Waals surface area contributed by atoms with Gasteiger partial charge < -0.3 is 9.84 Å². The second kappa shape index (κ2) is 4.07. The number of hydrogen-bond acceptors (Lipinski definition) is 3. The average molecular weight is 182 g/mol. The Kier molecular flexibility index (Phi) is 3.06. The fourth-order valence-corrected chi connectivity index (χ4v) is 0.873. The lowest BCUT2D eigenvalue weighted by atomic mass is 10.2. The van der Waals surface area contributed by atoms with Crippen molar-refractivity contribution in [3.05, 3.63) is 17.5 Å². The van der Waals surface area contributed by atoms with E-state index in [1.165, 1.54) is 0 Å². The lowest BCUT2D eigenvalue weighted by Gasteiger charge is -2.08. The molecule has 72 valence electrons. The molecule has 1 aromatic rings. The van der Waals surface area contributed by atoms with Crippen LogP contribution in [-0.2, 0) is 0 Å². The molecule has 4 heteroatoms. The fourth-order valence-electron chi connectivity index (χ4n) is 0.873. The van der Waals surface area contributed by atoms with Gasteiger partial charge in [0.05, 0.1) is 0 Å². The van der Waals surface area contributed by atoms with Crippen molar-refractivity contribution in [2.45, 2.75) is 33.2 Å². The van der Waals surface area contributed by atoms with Gasteiger partial charge in [-0.05, 0) is 20.3 Å². The molecule has 0 aromatic carbocycles. The Bertz CT molecular complexity index is 294. The van der Waals surface area contributed by atoms with E-state index in [4.69, 9.17) is 4.52 Å². The number of amides is 1. The Balaban J connectivity index is 2.58. The standard InChI is InChI=1S/C9H14N2O2/c1-4-6(2)10-9(12)8-5-7(3)13-11-8/h5-6H,4H2,1-3H3,(H,10,12)/t6-/m0/s1. The number of aryl methyl sites for hydroxylation is 1. The molecule has 0 unspecified atom stereocenters. The third-order valence-corrected chi connectivity index (χ3v) is 1.85. The van der Waals surface area contributed by atoms with Crippen molar-refractivity contribution in [2.24, 2.45) is 0 Å². The first-order valence-corrected chi connectivity index (χ1v) is 4.37. The van der Waals surface area contributed by atoms with Crippen LogP contribution in [0.25, 0.3) is 0 Å². The number of rotatable bonds is 3. The van der Waals surface area contributed by atoms with Gasteiger partial charge in [0, 0.05) is 12.1 Å². The van der Waals surface area contributed by atoms with E-state index in [0.717, 1.165) is 6.42 Å². The highest BCUT2D eigenvalue weighted by Gasteiger charge is 2.12. The minimum absolute atomic E-state index is 0.171. The van der Waals surface area contributed by atoms with Crippen molar-refractivity contribution in [2.75, 3.05) is 0 Å². The highest BCUT2D eigenvalue weighted by Crippen LogP contribution is 2.01. The van der Waals surface area contributed by atoms with Crippen molar-refractivity contribution < 1.29 is 9.32 Å². The maximum Gasteiger partial charge on any atom is 0.273 e. The highest BCUT2D eigenvalue weighted by atomic mass is 16.5. The number of carbonyl (C=O) groups excluding carboxylic acids is 1. The predicted octanol–water partition coefficient (Wildman–Crippen LogP) is 1.51. The smallest absolute Gasteiger partial charge is 0.273 e. The van der Waals surface area contributed by atoms with Crippen LogP contribution in [0.2, 0.25) is 0 Å². The first-order chi connectivity index (χ1) is 6.13. The molecule has 1 amide bonds. The molecule has 0 saturated heterocycles. The molecular weight excluding hydrogens is 168 g/mol. The second-order valence-electron chi connectivity index (χ2n) is 3.11. The van der Waals surface area contributed by atoms with Gasteiger partial charge in [-0.3, -0.25) is 4.79 Å². The minimum Gasteiger partial charge on any atom is -0.361 e. The van der Waals surface area contributed by atoms with E-state index in [-0.39, 0.29) is 11.9 Å². The summed E-state index contributed by atoms with van der Waals surface area (Å²) in [7, 11) is 0. The molecule has 1 heterocycles. The average Bonchev–Trinajstić information content (AvgIpc) is 2.51. The van der Waals surface area contributed by atoms with Gasteiger partial charge in [0.15, 0.2) is 5.69 Å². The molecule has 0 saturated carbocycles. The molecular formula is C9H14N2O2. The molecule has 0 bridgehead atoms. The summed E-state index contributed by atoms with van der Waals surface area (Å²) in [6.45, 7) is 5.72. The SMILES string of the molecule is CC[C@H](C)NC(=O)c1cc(C)on1. The summed E-state index contributed by atoms with van der Waals surface area (Å²) in [6.07, 6.45) is 0.905. The minimum atomic E-state index is -0.175. The lowest BCUT2D eigenvalue weighted by molar-refractivity contribution is 0.0930. The zero-order chi connectivity index (χ0) is 9.84. The second-order valence-corrected chi connectivity index (χ2v) is 3.11. The lowest BCUT2D eigenvalue weighted by Crippen LogP contribution is -2.32. The molecule has 0 aliphatic carbocycles. The molecule has 0 radical (unpaired) electrons. The van der Waals surface area contributed by atoms with Crippen LogP contribution in [0.15, 0.2) is 10.6 Å². The Hall–Kier alpha value is -1.32. The van der Waals surface area contributed by atoms with E-state index < -0.39 is 0 Å². The number of carbonyl (C=O) groups is 1. The maximum absolute atomic E-state index is 11.4. The number of aromatic nitrogens is 1. The van der Waals surface area contributed by atoms with Crippen molar-refractivity contribution in [1.82, 2.24) is 10.5 Å². The van der Waals surface area contributed by atoms with E-state index in [1.54, 1.807) is 13.0 Å². The maximum atomic E-state index is 11.4. The molecule has 1 rings (SSSR count). The molecule has 0 fully saturated rings. The van der Waals surface area contributed by atoms with Gasteiger partial charge in [-0.1, -0.05) is 12.1 Å². The van der Waals surface area contributed by atoms with Crippen LogP contribution in [0.1, 0.15) is 36.5 Å². The fraction of sp³-hybridized carbons (Fsp3) is 0.556. The van der Waals surface area contributed by atoms with Gasteiger partial charge in [0.1, 0.15) is 5.76 Å². The van der Waals surface area contributed by atoms with Crippen LogP contribution < -0.4 is 5.32 Å². The van der Waals surface area contributed by atoms with Crippen LogP contribution in [0.4, 0.5) is 0 Å². The largest absolute Gasteiger partial charge is 0.361 e. The van der Waals surface area contributed by atoms with Crippen LogP contribution in [-0.4, -0.2) is 17.1 Å². The third kappa shape index (κ3) is 2.57. The molecule has 0 spiro atoms. The summed E-state index contributed by atoms with van der Waals surface area (Å²) >= 11 is 0. The monoisotopic (exact) mass is 182 g/mol. The molecule has 1 atom stereocenters. The van der Waals surface area contributed by atoms with E-state index in [2.05, 4.69) is 10.5 Å². The zero-order valence-corrected chi connectivity index (χ0v) is 8.13. The number of nitrogens with zero attached hydrogens (tertiary/aromatic N) is 1. The van der Waals surface area contributed by atoms with Gasteiger partial charge in [-0.2, -0.15) is 0 Å². The van der Waals surface area contributed by atoms with Crippen LogP contribution >= 0.6 is 0 Å². The molecule has 1 N–H and O–H groups in total.